The molecule has 4 rings (SSSR count). The molecule has 0 aliphatic heterocycles. The zero-order valence-electron chi connectivity index (χ0n) is 15.8. The predicted octanol–water partition coefficient (Wildman–Crippen LogP) is 3.88. The topological polar surface area (TPSA) is 113 Å². The molecule has 0 aliphatic carbocycles. The van der Waals surface area contributed by atoms with Gasteiger partial charge in [-0.15, -0.1) is 10.2 Å². The Balaban J connectivity index is 1.41. The third-order valence-electron chi connectivity index (χ3n) is 4.27. The molecule has 0 radical (unpaired) electrons. The van der Waals surface area contributed by atoms with Crippen LogP contribution in [0.15, 0.2) is 69.7 Å². The smallest absolute Gasteiger partial charge is 0.286 e. The first-order chi connectivity index (χ1) is 14.5. The van der Waals surface area contributed by atoms with Gasteiger partial charge in [-0.05, 0) is 65.3 Å². The summed E-state index contributed by atoms with van der Waals surface area (Å²) in [4.78, 5) is 27.0. The highest BCUT2D eigenvalue weighted by Crippen LogP contribution is 2.24. The Labute approximate surface area is 179 Å². The summed E-state index contributed by atoms with van der Waals surface area (Å²) in [6.45, 7) is 1.99. The van der Waals surface area contributed by atoms with Gasteiger partial charge in [0.25, 0.3) is 11.8 Å². The molecule has 2 amide bonds. The number of hydrogen-bond acceptors (Lipinski definition) is 5. The largest absolute Gasteiger partial charge is 0.416 e. The minimum atomic E-state index is -0.458. The Morgan fingerprint density at radius 3 is 2.30 bits per heavy atom. The number of aryl methyl sites for hydroxylation is 1. The first-order valence-electron chi connectivity index (χ1n) is 8.95. The van der Waals surface area contributed by atoms with E-state index in [0.29, 0.717) is 28.6 Å². The molecule has 0 aliphatic rings. The van der Waals surface area contributed by atoms with Crippen LogP contribution < -0.4 is 10.9 Å². The van der Waals surface area contributed by atoms with Crippen molar-refractivity contribution in [3.63, 3.8) is 0 Å². The van der Waals surface area contributed by atoms with Crippen LogP contribution in [0.1, 0.15) is 26.4 Å². The number of hydrogen-bond donors (Lipinski definition) is 3. The van der Waals surface area contributed by atoms with Gasteiger partial charge in [-0.25, -0.2) is 0 Å². The zero-order chi connectivity index (χ0) is 21.1. The average Bonchev–Trinajstić information content (AvgIpc) is 3.41. The summed E-state index contributed by atoms with van der Waals surface area (Å²) in [6.07, 6.45) is 1.62. The summed E-state index contributed by atoms with van der Waals surface area (Å²) in [5.74, 6) is -0.134. The maximum Gasteiger partial charge on any atom is 0.286 e. The molecule has 2 heterocycles. The number of rotatable bonds is 4. The number of nitrogens with one attached hydrogen (secondary N) is 3. The molecule has 0 saturated heterocycles. The second-order valence-electron chi connectivity index (χ2n) is 6.50. The first-order valence-corrected chi connectivity index (χ1v) is 9.74. The number of benzene rings is 2. The maximum absolute atomic E-state index is 12.3. The summed E-state index contributed by atoms with van der Waals surface area (Å²) < 4.78 is 6.49. The highest BCUT2D eigenvalue weighted by atomic mass is 79.9. The van der Waals surface area contributed by atoms with Gasteiger partial charge in [-0.3, -0.25) is 20.4 Å². The average molecular weight is 466 g/mol. The molecule has 0 unspecified atom stereocenters. The SMILES string of the molecule is Cc1cccc(-c2nnc(-c3ccc(C(=O)NNC(=O)c4cc(Br)c[nH]4)cc3)o2)c1. The summed E-state index contributed by atoms with van der Waals surface area (Å²) in [5, 5.41) is 8.17. The second-order valence-corrected chi connectivity index (χ2v) is 7.41. The van der Waals surface area contributed by atoms with Gasteiger partial charge in [0, 0.05) is 27.4 Å². The lowest BCUT2D eigenvalue weighted by molar-refractivity contribution is 0.0844. The third kappa shape index (κ3) is 4.31. The molecule has 8 nitrogen and oxygen atoms in total. The zero-order valence-corrected chi connectivity index (χ0v) is 17.4. The van der Waals surface area contributed by atoms with Crippen LogP contribution in [0.25, 0.3) is 22.9 Å². The summed E-state index contributed by atoms with van der Waals surface area (Å²) >= 11 is 3.25. The van der Waals surface area contributed by atoms with Crippen molar-refractivity contribution < 1.29 is 14.0 Å². The summed E-state index contributed by atoms with van der Waals surface area (Å²) in [7, 11) is 0. The Bertz CT molecular complexity index is 1210. The maximum atomic E-state index is 12.3. The molecular weight excluding hydrogens is 450 g/mol. The van der Waals surface area contributed by atoms with Crippen LogP contribution in [0.2, 0.25) is 0 Å². The Morgan fingerprint density at radius 1 is 0.933 bits per heavy atom. The number of H-pyrrole nitrogens is 1. The Hall–Kier alpha value is -3.72. The minimum absolute atomic E-state index is 0.318. The van der Waals surface area contributed by atoms with E-state index in [1.807, 2.05) is 31.2 Å². The van der Waals surface area contributed by atoms with E-state index < -0.39 is 11.8 Å². The molecule has 0 atom stereocenters. The summed E-state index contributed by atoms with van der Waals surface area (Å²) in [6, 6.07) is 16.0. The van der Waals surface area contributed by atoms with Crippen molar-refractivity contribution >= 4 is 27.7 Å². The molecular formula is C21H16BrN5O3. The summed E-state index contributed by atoms with van der Waals surface area (Å²) in [5.41, 5.74) is 8.02. The second kappa shape index (κ2) is 8.34. The number of halogens is 1. The van der Waals surface area contributed by atoms with Crippen molar-refractivity contribution in [2.75, 3.05) is 0 Å². The van der Waals surface area contributed by atoms with Crippen LogP contribution in [0.4, 0.5) is 0 Å². The van der Waals surface area contributed by atoms with Crippen LogP contribution >= 0.6 is 15.9 Å². The fourth-order valence-corrected chi connectivity index (χ4v) is 3.09. The van der Waals surface area contributed by atoms with E-state index in [2.05, 4.69) is 42.0 Å². The van der Waals surface area contributed by atoms with Crippen LogP contribution in [-0.2, 0) is 0 Å². The number of aromatic nitrogens is 3. The molecule has 0 spiro atoms. The quantitative estimate of drug-likeness (QED) is 0.395. The Morgan fingerprint density at radius 2 is 1.63 bits per heavy atom. The van der Waals surface area contributed by atoms with Crippen LogP contribution in [0.5, 0.6) is 0 Å². The van der Waals surface area contributed by atoms with Crippen molar-refractivity contribution in [3.8, 4) is 22.9 Å². The monoisotopic (exact) mass is 465 g/mol. The number of hydrazine groups is 1. The van der Waals surface area contributed by atoms with Gasteiger partial charge in [0.2, 0.25) is 11.8 Å². The minimum Gasteiger partial charge on any atom is -0.416 e. The van der Waals surface area contributed by atoms with Crippen molar-refractivity contribution in [1.29, 1.82) is 0 Å². The molecule has 0 fully saturated rings. The van der Waals surface area contributed by atoms with E-state index in [1.54, 1.807) is 36.5 Å². The lowest BCUT2D eigenvalue weighted by atomic mass is 10.1. The van der Waals surface area contributed by atoms with Crippen molar-refractivity contribution in [2.24, 2.45) is 0 Å². The third-order valence-corrected chi connectivity index (χ3v) is 4.72. The van der Waals surface area contributed by atoms with Crippen LogP contribution in [0.3, 0.4) is 0 Å². The number of carbonyl (C=O) groups excluding carboxylic acids is 2. The molecule has 4 aromatic rings. The molecule has 2 aromatic carbocycles. The van der Waals surface area contributed by atoms with E-state index in [1.165, 1.54) is 0 Å². The van der Waals surface area contributed by atoms with Crippen molar-refractivity contribution in [2.45, 2.75) is 6.92 Å². The van der Waals surface area contributed by atoms with Gasteiger partial charge in [-0.2, -0.15) is 0 Å². The molecule has 2 aromatic heterocycles. The molecule has 30 heavy (non-hydrogen) atoms. The molecule has 0 saturated carbocycles. The molecule has 9 heteroatoms. The van der Waals surface area contributed by atoms with E-state index >= 15 is 0 Å². The highest BCUT2D eigenvalue weighted by molar-refractivity contribution is 9.10. The number of aromatic amines is 1. The standard InChI is InChI=1S/C21H16BrN5O3/c1-12-3-2-4-15(9-12)21-27-26-20(30-21)14-7-5-13(6-8-14)18(28)24-25-19(29)17-10-16(22)11-23-17/h2-11,23H,1H3,(H,24,28)(H,25,29). The van der Waals surface area contributed by atoms with Gasteiger partial charge in [0.1, 0.15) is 5.69 Å². The molecule has 3 N–H and O–H groups in total. The number of amides is 2. The van der Waals surface area contributed by atoms with Gasteiger partial charge in [0.05, 0.1) is 0 Å². The predicted molar refractivity (Wildman–Crippen MR) is 113 cm³/mol. The van der Waals surface area contributed by atoms with Gasteiger partial charge >= 0.3 is 0 Å². The highest BCUT2D eigenvalue weighted by Gasteiger charge is 2.13. The molecule has 0 bridgehead atoms. The van der Waals surface area contributed by atoms with E-state index in [0.717, 1.165) is 15.6 Å². The fraction of sp³-hybridized carbons (Fsp3) is 0.0476. The van der Waals surface area contributed by atoms with Crippen molar-refractivity contribution in [1.82, 2.24) is 26.0 Å². The van der Waals surface area contributed by atoms with E-state index in [9.17, 15) is 9.59 Å². The number of nitrogens with zero attached hydrogens (tertiary/aromatic N) is 2. The van der Waals surface area contributed by atoms with Crippen molar-refractivity contribution in [3.05, 3.63) is 82.1 Å². The van der Waals surface area contributed by atoms with E-state index in [-0.39, 0.29) is 0 Å². The Kier molecular flexibility index (Phi) is 5.44. The lowest BCUT2D eigenvalue weighted by Gasteiger charge is -2.06. The van der Waals surface area contributed by atoms with E-state index in [4.69, 9.17) is 4.42 Å². The lowest BCUT2D eigenvalue weighted by Crippen LogP contribution is -2.41. The van der Waals surface area contributed by atoms with Gasteiger partial charge in [0.15, 0.2) is 0 Å². The van der Waals surface area contributed by atoms with Gasteiger partial charge < -0.3 is 9.40 Å². The molecule has 150 valence electrons. The van der Waals surface area contributed by atoms with Crippen LogP contribution in [-0.4, -0.2) is 27.0 Å². The normalized spacial score (nSPS) is 10.6. The van der Waals surface area contributed by atoms with Crippen LogP contribution in [0, 0.1) is 6.92 Å². The fourth-order valence-electron chi connectivity index (χ4n) is 2.75. The van der Waals surface area contributed by atoms with Gasteiger partial charge in [-0.1, -0.05) is 17.7 Å². The number of carbonyl (C=O) groups is 2. The first kappa shape index (κ1) is 19.6.